The molecule has 2 aromatic rings. The summed E-state index contributed by atoms with van der Waals surface area (Å²) in [7, 11) is 5.03. The number of esters is 1. The highest BCUT2D eigenvalue weighted by atomic mass is 19.1. The summed E-state index contributed by atoms with van der Waals surface area (Å²) < 4.78 is 20.3. The number of nitrogens with zero attached hydrogens (tertiary/aromatic N) is 3. The van der Waals surface area contributed by atoms with E-state index in [0.29, 0.717) is 42.1 Å². The van der Waals surface area contributed by atoms with E-state index in [2.05, 4.69) is 0 Å². The van der Waals surface area contributed by atoms with Crippen molar-refractivity contribution in [3.63, 3.8) is 0 Å². The highest BCUT2D eigenvalue weighted by Gasteiger charge is 2.28. The molecule has 8 heteroatoms. The number of likely N-dealkylation sites (N-methyl/N-ethyl adjacent to an activating group) is 1. The largest absolute Gasteiger partial charge is 0.464 e. The third kappa shape index (κ3) is 5.38. The molecule has 0 aliphatic carbocycles. The Morgan fingerprint density at radius 2 is 1.81 bits per heavy atom. The number of ether oxygens (including phenoxy) is 1. The van der Waals surface area contributed by atoms with Crippen molar-refractivity contribution >= 4 is 17.7 Å². The molecule has 0 atom stereocenters. The van der Waals surface area contributed by atoms with Crippen LogP contribution in [0.15, 0.2) is 24.3 Å². The van der Waals surface area contributed by atoms with Crippen molar-refractivity contribution in [2.24, 2.45) is 0 Å². The second-order valence-corrected chi connectivity index (χ2v) is 7.63. The molecule has 0 N–H and O–H groups in total. The summed E-state index contributed by atoms with van der Waals surface area (Å²) in [5, 5.41) is 0. The Hall–Kier alpha value is -3.00. The molecule has 1 heterocycles. The van der Waals surface area contributed by atoms with E-state index in [4.69, 9.17) is 4.74 Å². The van der Waals surface area contributed by atoms with Gasteiger partial charge in [0.15, 0.2) is 5.78 Å². The van der Waals surface area contributed by atoms with Crippen LogP contribution in [0.2, 0.25) is 0 Å². The molecule has 168 valence electrons. The molecule has 1 aromatic carbocycles. The van der Waals surface area contributed by atoms with Gasteiger partial charge in [-0.2, -0.15) is 0 Å². The van der Waals surface area contributed by atoms with E-state index in [1.165, 1.54) is 30.2 Å². The van der Waals surface area contributed by atoms with Gasteiger partial charge in [-0.1, -0.05) is 6.07 Å². The van der Waals surface area contributed by atoms with Crippen LogP contribution in [0.1, 0.15) is 49.4 Å². The predicted molar refractivity (Wildman–Crippen MR) is 116 cm³/mol. The minimum Gasteiger partial charge on any atom is -0.464 e. The maximum absolute atomic E-state index is 13.6. The number of aromatic nitrogens is 1. The van der Waals surface area contributed by atoms with Gasteiger partial charge < -0.3 is 19.1 Å². The molecule has 0 bridgehead atoms. The van der Waals surface area contributed by atoms with E-state index >= 15 is 0 Å². The van der Waals surface area contributed by atoms with Gasteiger partial charge in [0.1, 0.15) is 11.5 Å². The number of ketones is 1. The lowest BCUT2D eigenvalue weighted by molar-refractivity contribution is 0.0587. The quantitative estimate of drug-likeness (QED) is 0.451. The van der Waals surface area contributed by atoms with E-state index in [-0.39, 0.29) is 17.9 Å². The number of carbonyl (C=O) groups is 3. The summed E-state index contributed by atoms with van der Waals surface area (Å²) in [6.45, 7) is 6.51. The van der Waals surface area contributed by atoms with Crippen LogP contribution in [0, 0.1) is 19.7 Å². The summed E-state index contributed by atoms with van der Waals surface area (Å²) >= 11 is 0. The monoisotopic (exact) mass is 431 g/mol. The molecular weight excluding hydrogens is 401 g/mol. The second kappa shape index (κ2) is 10.3. The van der Waals surface area contributed by atoms with Crippen LogP contribution in [0.5, 0.6) is 0 Å². The topological polar surface area (TPSA) is 71.9 Å². The summed E-state index contributed by atoms with van der Waals surface area (Å²) in [5.74, 6) is -1.73. The van der Waals surface area contributed by atoms with Crippen molar-refractivity contribution < 1.29 is 23.5 Å². The highest BCUT2D eigenvalue weighted by molar-refractivity contribution is 6.06. The van der Waals surface area contributed by atoms with Crippen LogP contribution in [0.4, 0.5) is 4.39 Å². The molecule has 0 unspecified atom stereocenters. The number of rotatable bonds is 9. The van der Waals surface area contributed by atoms with Gasteiger partial charge in [-0.25, -0.2) is 9.18 Å². The van der Waals surface area contributed by atoms with Crippen LogP contribution in [-0.4, -0.2) is 72.9 Å². The summed E-state index contributed by atoms with van der Waals surface area (Å²) in [6, 6.07) is 5.42. The lowest BCUT2D eigenvalue weighted by Crippen LogP contribution is -2.40. The molecule has 0 aliphatic heterocycles. The summed E-state index contributed by atoms with van der Waals surface area (Å²) in [6.07, 6.45) is 0. The van der Waals surface area contributed by atoms with Gasteiger partial charge >= 0.3 is 5.97 Å². The van der Waals surface area contributed by atoms with Crippen molar-refractivity contribution in [3.05, 3.63) is 58.2 Å². The van der Waals surface area contributed by atoms with E-state index in [1.807, 2.05) is 25.9 Å². The molecule has 2 rings (SSSR count). The average molecular weight is 432 g/mol. The Balaban J connectivity index is 2.41. The molecule has 7 nitrogen and oxygen atoms in total. The zero-order chi connectivity index (χ0) is 23.3. The van der Waals surface area contributed by atoms with Crippen LogP contribution in [-0.2, 0) is 11.3 Å². The van der Waals surface area contributed by atoms with Crippen molar-refractivity contribution in [1.29, 1.82) is 0 Å². The number of hydrogen-bond donors (Lipinski definition) is 0. The number of amides is 1. The Bertz CT molecular complexity index is 981. The highest BCUT2D eigenvalue weighted by Crippen LogP contribution is 2.24. The number of hydrogen-bond acceptors (Lipinski definition) is 5. The minimum absolute atomic E-state index is 0.181. The van der Waals surface area contributed by atoms with Gasteiger partial charge in [0, 0.05) is 36.5 Å². The molecule has 0 aliphatic rings. The smallest absolute Gasteiger partial charge is 0.354 e. The lowest BCUT2D eigenvalue weighted by atomic mass is 10.0. The third-order valence-corrected chi connectivity index (χ3v) is 5.25. The standard InChI is InChI=1S/C23H30FN3O4/c1-7-27-16(3)20(15(2)21(27)23(30)31-6)19(28)14-26(12-11-25(4)5)22(29)17-9-8-10-18(24)13-17/h8-10,13H,7,11-12,14H2,1-6H3. The number of Topliss-reactive ketones (excluding diaryl/α,β-unsaturated/α-hetero) is 1. The second-order valence-electron chi connectivity index (χ2n) is 7.63. The van der Waals surface area contributed by atoms with Gasteiger partial charge in [0.25, 0.3) is 5.91 Å². The van der Waals surface area contributed by atoms with E-state index in [9.17, 15) is 18.8 Å². The fourth-order valence-electron chi connectivity index (χ4n) is 3.69. The fraction of sp³-hybridized carbons (Fsp3) is 0.435. The first-order chi connectivity index (χ1) is 14.6. The number of benzene rings is 1. The van der Waals surface area contributed by atoms with Gasteiger partial charge in [-0.3, -0.25) is 9.59 Å². The zero-order valence-electron chi connectivity index (χ0n) is 19.0. The molecule has 31 heavy (non-hydrogen) atoms. The first kappa shape index (κ1) is 24.3. The van der Waals surface area contributed by atoms with Crippen LogP contribution in [0.25, 0.3) is 0 Å². The van der Waals surface area contributed by atoms with Crippen molar-refractivity contribution in [2.75, 3.05) is 40.8 Å². The van der Waals surface area contributed by atoms with Crippen molar-refractivity contribution in [1.82, 2.24) is 14.4 Å². The van der Waals surface area contributed by atoms with Gasteiger partial charge in [-0.05, 0) is 58.6 Å². The predicted octanol–water partition coefficient (Wildman–Crippen LogP) is 2.94. The van der Waals surface area contributed by atoms with E-state index < -0.39 is 17.7 Å². The Morgan fingerprint density at radius 1 is 1.13 bits per heavy atom. The fourth-order valence-corrected chi connectivity index (χ4v) is 3.69. The molecule has 1 amide bonds. The molecule has 0 saturated carbocycles. The van der Waals surface area contributed by atoms with Crippen molar-refractivity contribution in [3.8, 4) is 0 Å². The van der Waals surface area contributed by atoms with Crippen LogP contribution < -0.4 is 0 Å². The average Bonchev–Trinajstić information content (AvgIpc) is 2.99. The first-order valence-corrected chi connectivity index (χ1v) is 10.1. The zero-order valence-corrected chi connectivity index (χ0v) is 19.0. The maximum atomic E-state index is 13.6. The molecule has 0 saturated heterocycles. The van der Waals surface area contributed by atoms with Crippen LogP contribution >= 0.6 is 0 Å². The Labute approximate surface area is 182 Å². The van der Waals surface area contributed by atoms with Gasteiger partial charge in [0.05, 0.1) is 13.7 Å². The Morgan fingerprint density at radius 3 is 2.35 bits per heavy atom. The minimum atomic E-state index is -0.515. The molecular formula is C23H30FN3O4. The van der Waals surface area contributed by atoms with E-state index in [1.54, 1.807) is 18.4 Å². The Kier molecular flexibility index (Phi) is 8.10. The number of carbonyl (C=O) groups excluding carboxylic acids is 3. The normalized spacial score (nSPS) is 11.0. The molecule has 0 radical (unpaired) electrons. The number of halogens is 1. The maximum Gasteiger partial charge on any atom is 0.354 e. The van der Waals surface area contributed by atoms with Gasteiger partial charge in [0.2, 0.25) is 0 Å². The molecule has 0 spiro atoms. The van der Waals surface area contributed by atoms with Crippen molar-refractivity contribution in [2.45, 2.75) is 27.3 Å². The number of methoxy groups -OCH3 is 1. The SMILES string of the molecule is CCn1c(C)c(C(=O)CN(CCN(C)C)C(=O)c2cccc(F)c2)c(C)c1C(=O)OC. The van der Waals surface area contributed by atoms with Crippen LogP contribution in [0.3, 0.4) is 0 Å². The molecule has 0 fully saturated rings. The lowest BCUT2D eigenvalue weighted by Gasteiger charge is -2.24. The van der Waals surface area contributed by atoms with Gasteiger partial charge in [-0.15, -0.1) is 0 Å². The summed E-state index contributed by atoms with van der Waals surface area (Å²) in [5.41, 5.74) is 2.10. The molecule has 1 aromatic heterocycles. The first-order valence-electron chi connectivity index (χ1n) is 10.1. The summed E-state index contributed by atoms with van der Waals surface area (Å²) in [4.78, 5) is 41.9. The van der Waals surface area contributed by atoms with E-state index in [0.717, 1.165) is 6.07 Å². The third-order valence-electron chi connectivity index (χ3n) is 5.25.